The lowest BCUT2D eigenvalue weighted by Crippen LogP contribution is -2.12. The third-order valence-electron chi connectivity index (χ3n) is 4.05. The highest BCUT2D eigenvalue weighted by Gasteiger charge is 2.15. The van der Waals surface area contributed by atoms with Crippen molar-refractivity contribution >= 4 is 21.4 Å². The number of hydrogen-bond donors (Lipinski definition) is 1. The Labute approximate surface area is 166 Å². The van der Waals surface area contributed by atoms with Gasteiger partial charge in [-0.05, 0) is 48.5 Å². The smallest absolute Gasteiger partial charge is 0.283 e. The van der Waals surface area contributed by atoms with Gasteiger partial charge in [0.2, 0.25) is 5.89 Å². The molecule has 0 saturated heterocycles. The zero-order valence-electron chi connectivity index (χ0n) is 15.2. The number of nitrogens with zero attached hydrogens (tertiary/aromatic N) is 2. The van der Waals surface area contributed by atoms with Gasteiger partial charge in [0.15, 0.2) is 15.6 Å². The molecule has 2 aromatic carbocycles. The molecule has 8 nitrogen and oxygen atoms in total. The number of benzene rings is 2. The summed E-state index contributed by atoms with van der Waals surface area (Å²) < 4.78 is 34.2. The van der Waals surface area contributed by atoms with Crippen LogP contribution in [0.5, 0.6) is 0 Å². The first kappa shape index (κ1) is 18.6. The Kier molecular flexibility index (Phi) is 4.73. The average Bonchev–Trinajstić information content (AvgIpc) is 3.39. The molecule has 0 aliphatic rings. The van der Waals surface area contributed by atoms with E-state index in [0.29, 0.717) is 17.0 Å². The van der Waals surface area contributed by atoms with Crippen molar-refractivity contribution in [2.75, 3.05) is 11.6 Å². The Hall–Kier alpha value is -3.72. The molecule has 0 saturated carbocycles. The summed E-state index contributed by atoms with van der Waals surface area (Å²) >= 11 is 0. The van der Waals surface area contributed by atoms with Crippen molar-refractivity contribution in [3.05, 3.63) is 72.5 Å². The molecule has 0 atom stereocenters. The highest BCUT2D eigenvalue weighted by atomic mass is 32.2. The van der Waals surface area contributed by atoms with E-state index < -0.39 is 15.7 Å². The van der Waals surface area contributed by atoms with E-state index in [9.17, 15) is 13.2 Å². The fourth-order valence-electron chi connectivity index (χ4n) is 2.64. The molecule has 9 heteroatoms. The molecule has 1 N–H and O–H groups in total. The molecule has 146 valence electrons. The van der Waals surface area contributed by atoms with Crippen LogP contribution in [-0.2, 0) is 9.84 Å². The maximum atomic E-state index is 12.5. The second-order valence-electron chi connectivity index (χ2n) is 6.22. The van der Waals surface area contributed by atoms with Gasteiger partial charge in [-0.1, -0.05) is 12.1 Å². The second kappa shape index (κ2) is 7.36. The fourth-order valence-corrected chi connectivity index (χ4v) is 3.31. The maximum Gasteiger partial charge on any atom is 0.283 e. The van der Waals surface area contributed by atoms with Gasteiger partial charge in [-0.2, -0.15) is 0 Å². The van der Waals surface area contributed by atoms with Gasteiger partial charge in [-0.25, -0.2) is 8.42 Å². The van der Waals surface area contributed by atoms with Crippen LogP contribution in [0.4, 0.5) is 5.69 Å². The van der Waals surface area contributed by atoms with Gasteiger partial charge in [-0.15, -0.1) is 10.2 Å². The van der Waals surface area contributed by atoms with E-state index in [1.54, 1.807) is 42.5 Å². The molecule has 0 spiro atoms. The van der Waals surface area contributed by atoms with Gasteiger partial charge in [0.25, 0.3) is 11.8 Å². The number of aromatic nitrogens is 2. The molecule has 2 aromatic heterocycles. The van der Waals surface area contributed by atoms with Crippen LogP contribution >= 0.6 is 0 Å². The van der Waals surface area contributed by atoms with E-state index >= 15 is 0 Å². The number of sulfone groups is 1. The molecule has 29 heavy (non-hydrogen) atoms. The minimum Gasteiger partial charge on any atom is -0.459 e. The second-order valence-corrected chi connectivity index (χ2v) is 8.24. The number of hydrogen-bond acceptors (Lipinski definition) is 7. The Bertz CT molecular complexity index is 1280. The van der Waals surface area contributed by atoms with Crippen molar-refractivity contribution in [3.63, 3.8) is 0 Å². The van der Waals surface area contributed by atoms with Crippen LogP contribution in [0.3, 0.4) is 0 Å². The van der Waals surface area contributed by atoms with E-state index in [2.05, 4.69) is 15.5 Å². The van der Waals surface area contributed by atoms with Gasteiger partial charge in [0.1, 0.15) is 0 Å². The number of amides is 1. The van der Waals surface area contributed by atoms with Crippen LogP contribution < -0.4 is 5.32 Å². The van der Waals surface area contributed by atoms with Crippen LogP contribution in [0.2, 0.25) is 0 Å². The minimum atomic E-state index is -3.41. The monoisotopic (exact) mass is 409 g/mol. The van der Waals surface area contributed by atoms with Crippen molar-refractivity contribution < 1.29 is 22.0 Å². The van der Waals surface area contributed by atoms with Crippen molar-refractivity contribution in [2.24, 2.45) is 0 Å². The molecule has 0 fully saturated rings. The summed E-state index contributed by atoms with van der Waals surface area (Å²) in [6, 6.07) is 16.1. The number of carbonyl (C=O) groups is 1. The first-order chi connectivity index (χ1) is 13.9. The lowest BCUT2D eigenvalue weighted by atomic mass is 10.1. The van der Waals surface area contributed by atoms with Gasteiger partial charge in [-0.3, -0.25) is 4.79 Å². The fraction of sp³-hybridized carbons (Fsp3) is 0.0500. The summed E-state index contributed by atoms with van der Waals surface area (Å²) in [7, 11) is -3.41. The van der Waals surface area contributed by atoms with Gasteiger partial charge in [0, 0.05) is 23.1 Å². The van der Waals surface area contributed by atoms with Crippen LogP contribution in [0, 0.1) is 0 Å². The molecule has 0 unspecified atom stereocenters. The molecule has 0 radical (unpaired) electrons. The molecule has 0 aliphatic heterocycles. The molecular formula is C20H15N3O5S. The van der Waals surface area contributed by atoms with Crippen LogP contribution in [-0.4, -0.2) is 30.8 Å². The van der Waals surface area contributed by atoms with Crippen LogP contribution in [0.25, 0.3) is 23.1 Å². The van der Waals surface area contributed by atoms with Crippen LogP contribution in [0.15, 0.2) is 80.7 Å². The van der Waals surface area contributed by atoms with Crippen molar-refractivity contribution in [3.8, 4) is 23.1 Å². The Morgan fingerprint density at radius 3 is 2.52 bits per heavy atom. The summed E-state index contributed by atoms with van der Waals surface area (Å²) in [6.45, 7) is 0. The third-order valence-corrected chi connectivity index (χ3v) is 5.16. The number of rotatable bonds is 5. The van der Waals surface area contributed by atoms with E-state index in [0.717, 1.165) is 6.26 Å². The Morgan fingerprint density at radius 1 is 0.966 bits per heavy atom. The first-order valence-electron chi connectivity index (χ1n) is 8.49. The molecule has 4 aromatic rings. The molecule has 2 heterocycles. The lowest BCUT2D eigenvalue weighted by molar-refractivity contribution is 0.102. The zero-order chi connectivity index (χ0) is 20.4. The number of anilines is 1. The molecule has 0 aliphatic carbocycles. The lowest BCUT2D eigenvalue weighted by Gasteiger charge is -2.07. The number of carbonyl (C=O) groups excluding carboxylic acids is 1. The van der Waals surface area contributed by atoms with Gasteiger partial charge >= 0.3 is 0 Å². The maximum absolute atomic E-state index is 12.5. The van der Waals surface area contributed by atoms with Crippen LogP contribution in [0.1, 0.15) is 10.4 Å². The molecule has 4 rings (SSSR count). The van der Waals surface area contributed by atoms with Crippen molar-refractivity contribution in [1.29, 1.82) is 0 Å². The quantitative estimate of drug-likeness (QED) is 0.535. The van der Waals surface area contributed by atoms with Gasteiger partial charge < -0.3 is 14.2 Å². The zero-order valence-corrected chi connectivity index (χ0v) is 16.0. The molecule has 1 amide bonds. The van der Waals surface area contributed by atoms with E-state index in [4.69, 9.17) is 8.83 Å². The highest BCUT2D eigenvalue weighted by Crippen LogP contribution is 2.26. The molecular weight excluding hydrogens is 394 g/mol. The number of furan rings is 1. The summed E-state index contributed by atoms with van der Waals surface area (Å²) in [5, 5.41) is 10.7. The van der Waals surface area contributed by atoms with Crippen molar-refractivity contribution in [1.82, 2.24) is 10.2 Å². The standard InChI is InChI=1S/C20H15N3O5S/c1-29(25,26)16-8-3-5-13(12-16)18(24)21-15-7-2-6-14(11-15)19-22-23-20(28-19)17-9-4-10-27-17/h2-12H,1H3,(H,21,24). The molecule has 0 bridgehead atoms. The SMILES string of the molecule is CS(=O)(=O)c1cccc(C(=O)Nc2cccc(-c3nnc(-c4ccco4)o3)c2)c1. The summed E-state index contributed by atoms with van der Waals surface area (Å²) in [4.78, 5) is 12.6. The summed E-state index contributed by atoms with van der Waals surface area (Å²) in [5.41, 5.74) is 1.34. The van der Waals surface area contributed by atoms with E-state index in [-0.39, 0.29) is 22.2 Å². The number of nitrogens with one attached hydrogen (secondary N) is 1. The van der Waals surface area contributed by atoms with Crippen molar-refractivity contribution in [2.45, 2.75) is 4.90 Å². The largest absolute Gasteiger partial charge is 0.459 e. The van der Waals surface area contributed by atoms with E-state index in [1.807, 2.05) is 0 Å². The first-order valence-corrected chi connectivity index (χ1v) is 10.4. The predicted octanol–water partition coefficient (Wildman–Crippen LogP) is 3.65. The Morgan fingerprint density at radius 2 is 1.76 bits per heavy atom. The predicted molar refractivity (Wildman–Crippen MR) is 105 cm³/mol. The summed E-state index contributed by atoms with van der Waals surface area (Å²) in [5.74, 6) is 0.539. The van der Waals surface area contributed by atoms with Gasteiger partial charge in [0.05, 0.1) is 11.2 Å². The average molecular weight is 409 g/mol. The normalized spacial score (nSPS) is 11.3. The third kappa shape index (κ3) is 4.09. The topological polar surface area (TPSA) is 115 Å². The Balaban J connectivity index is 1.56. The minimum absolute atomic E-state index is 0.0789. The summed E-state index contributed by atoms with van der Waals surface area (Å²) in [6.07, 6.45) is 2.60. The van der Waals surface area contributed by atoms with E-state index in [1.165, 1.54) is 24.5 Å². The highest BCUT2D eigenvalue weighted by molar-refractivity contribution is 7.90.